The summed E-state index contributed by atoms with van der Waals surface area (Å²) >= 11 is 0. The van der Waals surface area contributed by atoms with Crippen LogP contribution in [0.3, 0.4) is 0 Å². The van der Waals surface area contributed by atoms with Crippen LogP contribution in [0.4, 0.5) is 0 Å². The maximum Gasteiger partial charge on any atom is 0.0709 e. The Balaban J connectivity index is 2.61. The molecule has 0 aliphatic carbocycles. The van der Waals surface area contributed by atoms with E-state index in [1.165, 1.54) is 16.8 Å². The van der Waals surface area contributed by atoms with Gasteiger partial charge in [0.1, 0.15) is 0 Å². The molecule has 0 saturated heterocycles. The average molecular weight is 200 g/mol. The lowest BCUT2D eigenvalue weighted by atomic mass is 10.0. The Kier molecular flexibility index (Phi) is 2.86. The van der Waals surface area contributed by atoms with Crippen LogP contribution in [-0.2, 0) is 12.8 Å². The zero-order valence-corrected chi connectivity index (χ0v) is 9.27. The Morgan fingerprint density at radius 1 is 1.07 bits per heavy atom. The molecule has 0 radical (unpaired) electrons. The van der Waals surface area contributed by atoms with Gasteiger partial charge in [0.2, 0.25) is 0 Å². The molecule has 1 heterocycles. The molecule has 78 valence electrons. The summed E-state index contributed by atoms with van der Waals surface area (Å²) in [4.78, 5) is 0. The summed E-state index contributed by atoms with van der Waals surface area (Å²) in [5.74, 6) is 0. The molecule has 0 saturated carbocycles. The van der Waals surface area contributed by atoms with Gasteiger partial charge in [-0.1, -0.05) is 32.0 Å². The van der Waals surface area contributed by atoms with Crippen molar-refractivity contribution < 1.29 is 0 Å². The monoisotopic (exact) mass is 200 g/mol. The highest BCUT2D eigenvalue weighted by Gasteiger charge is 2.07. The third-order valence-corrected chi connectivity index (χ3v) is 2.70. The molecular weight excluding hydrogens is 184 g/mol. The number of hydrogen-bond donors (Lipinski definition) is 0. The van der Waals surface area contributed by atoms with Crippen LogP contribution in [0, 0.1) is 0 Å². The van der Waals surface area contributed by atoms with Gasteiger partial charge in [-0.05, 0) is 30.0 Å². The normalized spacial score (nSPS) is 10.5. The zero-order chi connectivity index (χ0) is 10.7. The molecule has 0 aliphatic heterocycles. The van der Waals surface area contributed by atoms with Gasteiger partial charge in [-0.15, -0.1) is 0 Å². The fraction of sp³-hybridized carbons (Fsp3) is 0.308. The number of aryl methyl sites for hydroxylation is 2. The molecule has 2 nitrogen and oxygen atoms in total. The fourth-order valence-electron chi connectivity index (χ4n) is 1.91. The first-order valence-electron chi connectivity index (χ1n) is 5.47. The molecule has 0 spiro atoms. The average Bonchev–Trinajstić information content (AvgIpc) is 2.81. The number of para-hydroxylation sites is 1. The topological polar surface area (TPSA) is 17.8 Å². The molecule has 1 aromatic heterocycles. The van der Waals surface area contributed by atoms with Crippen molar-refractivity contribution in [3.05, 3.63) is 47.8 Å². The predicted molar refractivity (Wildman–Crippen MR) is 62.3 cm³/mol. The third kappa shape index (κ3) is 1.80. The molecule has 1 aromatic carbocycles. The van der Waals surface area contributed by atoms with E-state index in [0.29, 0.717) is 0 Å². The highest BCUT2D eigenvalue weighted by atomic mass is 15.3. The van der Waals surface area contributed by atoms with Crippen molar-refractivity contribution in [2.24, 2.45) is 0 Å². The Labute approximate surface area is 90.6 Å². The molecule has 2 rings (SSSR count). The fourth-order valence-corrected chi connectivity index (χ4v) is 1.91. The van der Waals surface area contributed by atoms with E-state index in [1.54, 1.807) is 0 Å². The van der Waals surface area contributed by atoms with E-state index < -0.39 is 0 Å². The lowest BCUT2D eigenvalue weighted by molar-refractivity contribution is 0.845. The van der Waals surface area contributed by atoms with Crippen LogP contribution in [0.2, 0.25) is 0 Å². The number of hydrogen-bond acceptors (Lipinski definition) is 1. The first-order valence-corrected chi connectivity index (χ1v) is 5.47. The van der Waals surface area contributed by atoms with Crippen molar-refractivity contribution >= 4 is 0 Å². The van der Waals surface area contributed by atoms with Gasteiger partial charge in [-0.25, -0.2) is 4.68 Å². The smallest absolute Gasteiger partial charge is 0.0709 e. The first kappa shape index (κ1) is 9.97. The van der Waals surface area contributed by atoms with Crippen molar-refractivity contribution in [1.29, 1.82) is 0 Å². The van der Waals surface area contributed by atoms with Gasteiger partial charge < -0.3 is 0 Å². The van der Waals surface area contributed by atoms with Crippen LogP contribution in [0.25, 0.3) is 5.69 Å². The third-order valence-electron chi connectivity index (χ3n) is 2.70. The number of aromatic nitrogens is 2. The first-order chi connectivity index (χ1) is 7.36. The minimum absolute atomic E-state index is 1.04. The SMILES string of the molecule is CCc1cccc(CC)c1-n1cccn1. The van der Waals surface area contributed by atoms with E-state index in [1.807, 2.05) is 23.1 Å². The Bertz CT molecular complexity index is 408. The minimum atomic E-state index is 1.04. The molecule has 0 aliphatic rings. The van der Waals surface area contributed by atoms with Crippen LogP contribution in [0.15, 0.2) is 36.7 Å². The van der Waals surface area contributed by atoms with Crippen molar-refractivity contribution in [3.8, 4) is 5.69 Å². The van der Waals surface area contributed by atoms with Gasteiger partial charge in [-0.2, -0.15) is 5.10 Å². The second-order valence-corrected chi connectivity index (χ2v) is 3.58. The van der Waals surface area contributed by atoms with Gasteiger partial charge in [0, 0.05) is 12.4 Å². The Morgan fingerprint density at radius 3 is 2.20 bits per heavy atom. The maximum atomic E-state index is 4.32. The molecular formula is C13H16N2. The number of nitrogens with zero attached hydrogens (tertiary/aromatic N) is 2. The van der Waals surface area contributed by atoms with Crippen LogP contribution < -0.4 is 0 Å². The number of benzene rings is 1. The quantitative estimate of drug-likeness (QED) is 0.744. The largest absolute Gasteiger partial charge is 0.240 e. The lowest BCUT2D eigenvalue weighted by Crippen LogP contribution is -2.03. The van der Waals surface area contributed by atoms with Gasteiger partial charge in [0.05, 0.1) is 5.69 Å². The van der Waals surface area contributed by atoms with Gasteiger partial charge in [0.15, 0.2) is 0 Å². The molecule has 0 amide bonds. The van der Waals surface area contributed by atoms with E-state index >= 15 is 0 Å². The van der Waals surface area contributed by atoms with Crippen molar-refractivity contribution in [3.63, 3.8) is 0 Å². The summed E-state index contributed by atoms with van der Waals surface area (Å²) in [6.45, 7) is 4.36. The van der Waals surface area contributed by atoms with Crippen molar-refractivity contribution in [1.82, 2.24) is 9.78 Å². The molecule has 0 fully saturated rings. The molecule has 0 unspecified atom stereocenters. The van der Waals surface area contributed by atoms with E-state index in [4.69, 9.17) is 0 Å². The summed E-state index contributed by atoms with van der Waals surface area (Å²) < 4.78 is 1.97. The summed E-state index contributed by atoms with van der Waals surface area (Å²) in [6, 6.07) is 8.45. The zero-order valence-electron chi connectivity index (χ0n) is 9.27. The van der Waals surface area contributed by atoms with E-state index in [9.17, 15) is 0 Å². The Hall–Kier alpha value is -1.57. The van der Waals surface area contributed by atoms with Gasteiger partial charge in [0.25, 0.3) is 0 Å². The summed E-state index contributed by atoms with van der Waals surface area (Å²) in [5, 5.41) is 4.32. The number of rotatable bonds is 3. The predicted octanol–water partition coefficient (Wildman–Crippen LogP) is 3.00. The highest BCUT2D eigenvalue weighted by Crippen LogP contribution is 2.20. The van der Waals surface area contributed by atoms with Crippen LogP contribution in [0.5, 0.6) is 0 Å². The van der Waals surface area contributed by atoms with Gasteiger partial charge >= 0.3 is 0 Å². The van der Waals surface area contributed by atoms with Crippen molar-refractivity contribution in [2.45, 2.75) is 26.7 Å². The molecule has 0 bridgehead atoms. The summed E-state index contributed by atoms with van der Waals surface area (Å²) in [6.07, 6.45) is 5.92. The summed E-state index contributed by atoms with van der Waals surface area (Å²) in [5.41, 5.74) is 3.98. The molecule has 15 heavy (non-hydrogen) atoms. The second-order valence-electron chi connectivity index (χ2n) is 3.58. The maximum absolute atomic E-state index is 4.32. The van der Waals surface area contributed by atoms with Crippen LogP contribution >= 0.6 is 0 Å². The van der Waals surface area contributed by atoms with Gasteiger partial charge in [-0.3, -0.25) is 0 Å². The van der Waals surface area contributed by atoms with Crippen LogP contribution in [0.1, 0.15) is 25.0 Å². The Morgan fingerprint density at radius 2 is 1.73 bits per heavy atom. The van der Waals surface area contributed by atoms with E-state index in [-0.39, 0.29) is 0 Å². The molecule has 2 heteroatoms. The van der Waals surface area contributed by atoms with E-state index in [0.717, 1.165) is 12.8 Å². The summed E-state index contributed by atoms with van der Waals surface area (Å²) in [7, 11) is 0. The van der Waals surface area contributed by atoms with Crippen molar-refractivity contribution in [2.75, 3.05) is 0 Å². The molecule has 2 aromatic rings. The highest BCUT2D eigenvalue weighted by molar-refractivity contribution is 5.47. The minimum Gasteiger partial charge on any atom is -0.240 e. The van der Waals surface area contributed by atoms with E-state index in [2.05, 4.69) is 37.1 Å². The second kappa shape index (κ2) is 4.30. The molecule has 0 atom stereocenters. The lowest BCUT2D eigenvalue weighted by Gasteiger charge is -2.12. The standard InChI is InChI=1S/C13H16N2/c1-3-11-7-5-8-12(4-2)13(11)15-10-6-9-14-15/h5-10H,3-4H2,1-2H3. The molecule has 0 N–H and O–H groups in total. The van der Waals surface area contributed by atoms with Crippen LogP contribution in [-0.4, -0.2) is 9.78 Å².